The number of fused-ring (bicyclic) bond motifs is 1. The van der Waals surface area contributed by atoms with Crippen LogP contribution in [0.25, 0.3) is 0 Å². The molecule has 0 saturated heterocycles. The molecule has 2 N–H and O–H groups in total. The molecule has 2 aromatic rings. The molecular formula is C18H17Cl2F2N3O3. The van der Waals surface area contributed by atoms with Gasteiger partial charge in [-0.05, 0) is 18.1 Å². The molecule has 10 heteroatoms. The zero-order valence-corrected chi connectivity index (χ0v) is 16.4. The van der Waals surface area contributed by atoms with Crippen LogP contribution in [0.15, 0.2) is 24.5 Å². The summed E-state index contributed by atoms with van der Waals surface area (Å²) in [6, 6.07) is 2.63. The number of anilines is 2. The van der Waals surface area contributed by atoms with E-state index < -0.39 is 12.5 Å². The lowest BCUT2D eigenvalue weighted by atomic mass is 10.0. The number of benzene rings is 1. The zero-order chi connectivity index (χ0) is 20.4. The maximum Gasteiger partial charge on any atom is 0.387 e. The van der Waals surface area contributed by atoms with Gasteiger partial charge in [-0.15, -0.1) is 0 Å². The Balaban J connectivity index is 1.98. The molecule has 1 atom stereocenters. The van der Waals surface area contributed by atoms with E-state index in [1.165, 1.54) is 24.5 Å². The lowest BCUT2D eigenvalue weighted by molar-refractivity contribution is -0.0523. The molecule has 0 fully saturated rings. The summed E-state index contributed by atoms with van der Waals surface area (Å²) in [4.78, 5) is 16.6. The normalized spacial score (nSPS) is 15.6. The Hall–Kier alpha value is -2.32. The number of alkyl halides is 2. The van der Waals surface area contributed by atoms with E-state index >= 15 is 0 Å². The predicted octanol–water partition coefficient (Wildman–Crippen LogP) is 5.07. The molecule has 28 heavy (non-hydrogen) atoms. The van der Waals surface area contributed by atoms with E-state index in [1.807, 2.05) is 13.8 Å². The van der Waals surface area contributed by atoms with Crippen molar-refractivity contribution >= 4 is 40.5 Å². The van der Waals surface area contributed by atoms with Gasteiger partial charge in [0.1, 0.15) is 6.10 Å². The van der Waals surface area contributed by atoms with Crippen LogP contribution in [-0.4, -0.2) is 30.2 Å². The number of hydrogen-bond acceptors (Lipinski definition) is 5. The van der Waals surface area contributed by atoms with Crippen molar-refractivity contribution in [3.05, 3.63) is 40.1 Å². The van der Waals surface area contributed by atoms with Crippen LogP contribution in [-0.2, 0) is 0 Å². The summed E-state index contributed by atoms with van der Waals surface area (Å²) in [7, 11) is 0. The van der Waals surface area contributed by atoms with Crippen molar-refractivity contribution < 1.29 is 23.0 Å². The number of rotatable bonds is 5. The number of nitrogens with zero attached hydrogens (tertiary/aromatic N) is 1. The summed E-state index contributed by atoms with van der Waals surface area (Å²) in [5.74, 6) is -0.523. The van der Waals surface area contributed by atoms with Crippen molar-refractivity contribution in [2.75, 3.05) is 17.2 Å². The van der Waals surface area contributed by atoms with Gasteiger partial charge in [0.05, 0.1) is 33.5 Å². The number of carbonyl (C=O) groups is 1. The minimum Gasteiger partial charge on any atom is -0.482 e. The minimum absolute atomic E-state index is 0.0600. The summed E-state index contributed by atoms with van der Waals surface area (Å²) in [5, 5.41) is 6.02. The highest BCUT2D eigenvalue weighted by atomic mass is 35.5. The molecule has 150 valence electrons. The molecule has 1 aromatic heterocycles. The van der Waals surface area contributed by atoms with Crippen molar-refractivity contribution in [3.8, 4) is 11.5 Å². The van der Waals surface area contributed by atoms with Gasteiger partial charge in [-0.25, -0.2) is 0 Å². The Morgan fingerprint density at radius 2 is 2.00 bits per heavy atom. The highest BCUT2D eigenvalue weighted by molar-refractivity contribution is 6.39. The molecule has 1 aromatic carbocycles. The molecule has 6 nitrogen and oxygen atoms in total. The maximum atomic E-state index is 12.8. The van der Waals surface area contributed by atoms with E-state index in [2.05, 4.69) is 20.4 Å². The third-order valence-electron chi connectivity index (χ3n) is 4.17. The van der Waals surface area contributed by atoms with Gasteiger partial charge < -0.3 is 20.1 Å². The summed E-state index contributed by atoms with van der Waals surface area (Å²) >= 11 is 12.1. The summed E-state index contributed by atoms with van der Waals surface area (Å²) in [5.41, 5.74) is 0.624. The van der Waals surface area contributed by atoms with Gasteiger partial charge in [0.15, 0.2) is 11.5 Å². The predicted molar refractivity (Wildman–Crippen MR) is 103 cm³/mol. The standard InChI is InChI=1S/C18H17Cl2F2N3O3/c1-8(2)13-7-24-14-9(3-4-12(16(14)27-13)28-18(21)22)17(26)25-15-10(19)5-23-6-11(15)20/h3-6,8,13,18,24H,7H2,1-2H3,(H,23,25,26)/t13-/m0/s1. The third kappa shape index (κ3) is 4.23. The Kier molecular flexibility index (Phi) is 6.10. The first-order chi connectivity index (χ1) is 13.3. The van der Waals surface area contributed by atoms with Crippen LogP contribution in [0.2, 0.25) is 10.0 Å². The number of carbonyl (C=O) groups excluding carboxylic acids is 1. The van der Waals surface area contributed by atoms with Crippen LogP contribution in [0.1, 0.15) is 24.2 Å². The van der Waals surface area contributed by atoms with Crippen molar-refractivity contribution in [1.82, 2.24) is 4.98 Å². The first-order valence-corrected chi connectivity index (χ1v) is 9.16. The van der Waals surface area contributed by atoms with E-state index in [0.717, 1.165) is 0 Å². The Morgan fingerprint density at radius 1 is 1.32 bits per heavy atom. The smallest absolute Gasteiger partial charge is 0.387 e. The fourth-order valence-electron chi connectivity index (χ4n) is 2.71. The van der Waals surface area contributed by atoms with E-state index in [-0.39, 0.29) is 50.5 Å². The molecule has 0 bridgehead atoms. The minimum atomic E-state index is -3.03. The average Bonchev–Trinajstić information content (AvgIpc) is 2.64. The zero-order valence-electron chi connectivity index (χ0n) is 14.9. The number of amides is 1. The fraction of sp³-hybridized carbons (Fsp3) is 0.333. The molecule has 1 aliphatic heterocycles. The monoisotopic (exact) mass is 431 g/mol. The Labute approximate surface area is 170 Å². The Morgan fingerprint density at radius 3 is 2.61 bits per heavy atom. The van der Waals surface area contributed by atoms with Gasteiger partial charge in [-0.3, -0.25) is 9.78 Å². The average molecular weight is 432 g/mol. The van der Waals surface area contributed by atoms with Gasteiger partial charge in [0, 0.05) is 12.4 Å². The van der Waals surface area contributed by atoms with Gasteiger partial charge in [-0.1, -0.05) is 37.0 Å². The van der Waals surface area contributed by atoms with E-state index in [1.54, 1.807) is 0 Å². The number of hydrogen-bond donors (Lipinski definition) is 2. The second kappa shape index (κ2) is 8.36. The van der Waals surface area contributed by atoms with Crippen LogP contribution in [0.4, 0.5) is 20.2 Å². The largest absolute Gasteiger partial charge is 0.482 e. The molecular weight excluding hydrogens is 415 g/mol. The highest BCUT2D eigenvalue weighted by Gasteiger charge is 2.30. The fourth-order valence-corrected chi connectivity index (χ4v) is 3.17. The molecule has 2 heterocycles. The van der Waals surface area contributed by atoms with Crippen LogP contribution in [0.5, 0.6) is 11.5 Å². The van der Waals surface area contributed by atoms with E-state index in [9.17, 15) is 13.6 Å². The summed E-state index contributed by atoms with van der Waals surface area (Å²) in [6.45, 7) is 1.25. The maximum absolute atomic E-state index is 12.8. The van der Waals surface area contributed by atoms with Gasteiger partial charge in [0.2, 0.25) is 0 Å². The van der Waals surface area contributed by atoms with Crippen molar-refractivity contribution in [2.45, 2.75) is 26.6 Å². The topological polar surface area (TPSA) is 72.5 Å². The van der Waals surface area contributed by atoms with Crippen molar-refractivity contribution in [2.24, 2.45) is 5.92 Å². The number of pyridine rings is 1. The Bertz CT molecular complexity index is 876. The van der Waals surface area contributed by atoms with Gasteiger partial charge in [0.25, 0.3) is 5.91 Å². The molecule has 0 radical (unpaired) electrons. The van der Waals surface area contributed by atoms with Crippen molar-refractivity contribution in [3.63, 3.8) is 0 Å². The SMILES string of the molecule is CC(C)[C@@H]1CNc2c(C(=O)Nc3c(Cl)cncc3Cl)ccc(OC(F)F)c2O1. The molecule has 0 unspecified atom stereocenters. The van der Waals surface area contributed by atoms with Crippen LogP contribution in [0, 0.1) is 5.92 Å². The number of aromatic nitrogens is 1. The van der Waals surface area contributed by atoms with Crippen LogP contribution < -0.4 is 20.1 Å². The summed E-state index contributed by atoms with van der Waals surface area (Å²) < 4.78 is 35.9. The lowest BCUT2D eigenvalue weighted by Gasteiger charge is -2.32. The number of halogens is 4. The quantitative estimate of drug-likeness (QED) is 0.690. The molecule has 1 amide bonds. The van der Waals surface area contributed by atoms with Crippen LogP contribution in [0.3, 0.4) is 0 Å². The molecule has 1 aliphatic rings. The highest BCUT2D eigenvalue weighted by Crippen LogP contribution is 2.43. The second-order valence-electron chi connectivity index (χ2n) is 6.41. The first-order valence-electron chi connectivity index (χ1n) is 8.40. The lowest BCUT2D eigenvalue weighted by Crippen LogP contribution is -2.36. The first kappa shape index (κ1) is 20.4. The second-order valence-corrected chi connectivity index (χ2v) is 7.22. The molecule has 3 rings (SSSR count). The van der Waals surface area contributed by atoms with E-state index in [4.69, 9.17) is 27.9 Å². The number of nitrogens with one attached hydrogen (secondary N) is 2. The van der Waals surface area contributed by atoms with Crippen molar-refractivity contribution in [1.29, 1.82) is 0 Å². The third-order valence-corrected chi connectivity index (χ3v) is 4.74. The summed E-state index contributed by atoms with van der Waals surface area (Å²) in [6.07, 6.45) is 2.41. The molecule has 0 aliphatic carbocycles. The van der Waals surface area contributed by atoms with Gasteiger partial charge >= 0.3 is 6.61 Å². The number of ether oxygens (including phenoxy) is 2. The molecule has 0 spiro atoms. The van der Waals surface area contributed by atoms with Gasteiger partial charge in [-0.2, -0.15) is 8.78 Å². The van der Waals surface area contributed by atoms with E-state index in [0.29, 0.717) is 6.54 Å². The van der Waals surface area contributed by atoms with Crippen LogP contribution >= 0.6 is 23.2 Å². The molecule has 0 saturated carbocycles.